The molecule has 2 amide bonds. The van der Waals surface area contributed by atoms with E-state index in [4.69, 9.17) is 5.73 Å². The number of rotatable bonds is 3. The number of hydrogen-bond acceptors (Lipinski definition) is 6. The molecule has 0 bridgehead atoms. The minimum atomic E-state index is -0.379. The van der Waals surface area contributed by atoms with Crippen molar-refractivity contribution in [1.82, 2.24) is 20.5 Å². The highest BCUT2D eigenvalue weighted by atomic mass is 16.6. The molecule has 0 radical (unpaired) electrons. The summed E-state index contributed by atoms with van der Waals surface area (Å²) < 4.78 is 4.40. The number of nitrogens with two attached hydrogens (primary N) is 1. The summed E-state index contributed by atoms with van der Waals surface area (Å²) in [5.74, 6) is 0.126. The maximum atomic E-state index is 11.9. The number of carbonyl (C=O) groups excluding carboxylic acids is 2. The van der Waals surface area contributed by atoms with Crippen molar-refractivity contribution in [2.75, 3.05) is 18.8 Å². The molecule has 2 heterocycles. The summed E-state index contributed by atoms with van der Waals surface area (Å²) in [5.41, 5.74) is 5.48. The van der Waals surface area contributed by atoms with E-state index in [2.05, 4.69) is 20.3 Å². The highest BCUT2D eigenvalue weighted by molar-refractivity contribution is 5.96. The van der Waals surface area contributed by atoms with E-state index in [9.17, 15) is 9.59 Å². The van der Waals surface area contributed by atoms with Crippen LogP contribution in [0, 0.1) is 5.92 Å². The summed E-state index contributed by atoms with van der Waals surface area (Å²) >= 11 is 0. The third-order valence-corrected chi connectivity index (χ3v) is 3.80. The van der Waals surface area contributed by atoms with Crippen LogP contribution >= 0.6 is 0 Å². The lowest BCUT2D eigenvalue weighted by molar-refractivity contribution is -0.133. The second-order valence-electron chi connectivity index (χ2n) is 5.35. The first-order valence-corrected chi connectivity index (χ1v) is 6.83. The minimum Gasteiger partial charge on any atom is -0.379 e. The third-order valence-electron chi connectivity index (χ3n) is 3.80. The number of nitrogens with zero attached hydrogens (tertiary/aromatic N) is 3. The van der Waals surface area contributed by atoms with Crippen LogP contribution in [0.2, 0.25) is 0 Å². The van der Waals surface area contributed by atoms with Gasteiger partial charge in [0.2, 0.25) is 17.4 Å². The second kappa shape index (κ2) is 5.10. The Balaban J connectivity index is 1.50. The van der Waals surface area contributed by atoms with Gasteiger partial charge < -0.3 is 16.0 Å². The van der Waals surface area contributed by atoms with E-state index < -0.39 is 0 Å². The van der Waals surface area contributed by atoms with Gasteiger partial charge in [-0.15, -0.1) is 0 Å². The van der Waals surface area contributed by atoms with Crippen molar-refractivity contribution in [1.29, 1.82) is 0 Å². The van der Waals surface area contributed by atoms with Crippen LogP contribution in [-0.4, -0.2) is 46.2 Å². The van der Waals surface area contributed by atoms with E-state index in [0.717, 1.165) is 25.7 Å². The topological polar surface area (TPSA) is 114 Å². The van der Waals surface area contributed by atoms with E-state index in [1.165, 1.54) is 0 Å². The van der Waals surface area contributed by atoms with Crippen LogP contribution in [0.5, 0.6) is 0 Å². The molecule has 1 saturated heterocycles. The number of nitrogen functional groups attached to an aromatic ring is 1. The van der Waals surface area contributed by atoms with Gasteiger partial charge in [0.15, 0.2) is 0 Å². The molecule has 1 aromatic rings. The van der Waals surface area contributed by atoms with Crippen LogP contribution in [0.15, 0.2) is 4.63 Å². The fourth-order valence-electron chi connectivity index (χ4n) is 2.44. The van der Waals surface area contributed by atoms with E-state index in [-0.39, 0.29) is 35.3 Å². The quantitative estimate of drug-likeness (QED) is 0.790. The highest BCUT2D eigenvalue weighted by Crippen LogP contribution is 2.31. The predicted molar refractivity (Wildman–Crippen MR) is 68.5 cm³/mol. The van der Waals surface area contributed by atoms with Crippen LogP contribution in [0.3, 0.4) is 0 Å². The average molecular weight is 279 g/mol. The molecule has 3 N–H and O–H groups in total. The Morgan fingerprint density at radius 1 is 1.20 bits per heavy atom. The predicted octanol–water partition coefficient (Wildman–Crippen LogP) is -0.217. The standard InChI is InChI=1S/C12H17N5O3/c13-10-9(15-20-16-10)11(18)14-8-3-5-17(6-4-8)12(19)7-1-2-7/h7-8H,1-6H2,(H2,13,16)(H,14,18). The Labute approximate surface area is 115 Å². The molecule has 2 aliphatic rings. The zero-order chi connectivity index (χ0) is 14.1. The molecular formula is C12H17N5O3. The molecule has 8 nitrogen and oxygen atoms in total. The van der Waals surface area contributed by atoms with Gasteiger partial charge in [-0.2, -0.15) is 0 Å². The van der Waals surface area contributed by atoms with Gasteiger partial charge in [-0.3, -0.25) is 9.59 Å². The zero-order valence-corrected chi connectivity index (χ0v) is 11.0. The first-order chi connectivity index (χ1) is 9.65. The van der Waals surface area contributed by atoms with Crippen molar-refractivity contribution < 1.29 is 14.2 Å². The van der Waals surface area contributed by atoms with Gasteiger partial charge in [0, 0.05) is 25.0 Å². The summed E-state index contributed by atoms with van der Waals surface area (Å²) in [4.78, 5) is 25.7. The molecule has 0 unspecified atom stereocenters. The molecule has 1 aliphatic heterocycles. The molecule has 8 heteroatoms. The molecule has 1 aromatic heterocycles. The lowest BCUT2D eigenvalue weighted by Crippen LogP contribution is -2.47. The van der Waals surface area contributed by atoms with Crippen LogP contribution in [0.1, 0.15) is 36.2 Å². The van der Waals surface area contributed by atoms with Gasteiger partial charge in [-0.25, -0.2) is 4.63 Å². The lowest BCUT2D eigenvalue weighted by Gasteiger charge is -2.32. The third kappa shape index (κ3) is 2.59. The van der Waals surface area contributed by atoms with Crippen LogP contribution in [0.4, 0.5) is 5.82 Å². The van der Waals surface area contributed by atoms with Crippen molar-refractivity contribution in [3.8, 4) is 0 Å². The fraction of sp³-hybridized carbons (Fsp3) is 0.667. The number of piperidine rings is 1. The fourth-order valence-corrected chi connectivity index (χ4v) is 2.44. The minimum absolute atomic E-state index is 0.0103. The van der Waals surface area contributed by atoms with Crippen LogP contribution in [0.25, 0.3) is 0 Å². The van der Waals surface area contributed by atoms with Crippen molar-refractivity contribution in [2.24, 2.45) is 5.92 Å². The van der Waals surface area contributed by atoms with Gasteiger partial charge in [0.05, 0.1) is 0 Å². The summed E-state index contributed by atoms with van der Waals surface area (Å²) in [5, 5.41) is 9.69. The number of aromatic nitrogens is 2. The first kappa shape index (κ1) is 12.9. The molecule has 2 fully saturated rings. The maximum absolute atomic E-state index is 11.9. The Kier molecular flexibility index (Phi) is 3.29. The molecule has 0 aromatic carbocycles. The number of carbonyl (C=O) groups is 2. The Morgan fingerprint density at radius 2 is 1.90 bits per heavy atom. The monoisotopic (exact) mass is 279 g/mol. The summed E-state index contributed by atoms with van der Waals surface area (Å²) in [7, 11) is 0. The van der Waals surface area contributed by atoms with Crippen molar-refractivity contribution >= 4 is 17.6 Å². The lowest BCUT2D eigenvalue weighted by atomic mass is 10.0. The van der Waals surface area contributed by atoms with Crippen LogP contribution in [-0.2, 0) is 4.79 Å². The SMILES string of the molecule is Nc1nonc1C(=O)NC1CCN(C(=O)C2CC2)CC1. The largest absolute Gasteiger partial charge is 0.379 e. The Hall–Kier alpha value is -2.12. The number of nitrogens with one attached hydrogen (secondary N) is 1. The molecule has 0 atom stereocenters. The van der Waals surface area contributed by atoms with Crippen molar-refractivity contribution in [2.45, 2.75) is 31.7 Å². The van der Waals surface area contributed by atoms with E-state index in [1.807, 2.05) is 4.90 Å². The zero-order valence-electron chi connectivity index (χ0n) is 11.0. The molecule has 3 rings (SSSR count). The maximum Gasteiger partial charge on any atom is 0.277 e. The first-order valence-electron chi connectivity index (χ1n) is 6.83. The van der Waals surface area contributed by atoms with Gasteiger partial charge in [0.25, 0.3) is 5.91 Å². The molecule has 1 saturated carbocycles. The molecule has 1 aliphatic carbocycles. The average Bonchev–Trinajstić information content (AvgIpc) is 3.21. The van der Waals surface area contributed by atoms with Crippen molar-refractivity contribution in [3.05, 3.63) is 5.69 Å². The smallest absolute Gasteiger partial charge is 0.277 e. The van der Waals surface area contributed by atoms with E-state index >= 15 is 0 Å². The second-order valence-corrected chi connectivity index (χ2v) is 5.35. The number of amides is 2. The molecule has 108 valence electrons. The summed E-state index contributed by atoms with van der Waals surface area (Å²) in [6.07, 6.45) is 3.53. The molecule has 20 heavy (non-hydrogen) atoms. The van der Waals surface area contributed by atoms with Gasteiger partial charge in [0.1, 0.15) is 0 Å². The highest BCUT2D eigenvalue weighted by Gasteiger charge is 2.35. The number of anilines is 1. The summed E-state index contributed by atoms with van der Waals surface area (Å²) in [6, 6.07) is 0.0295. The van der Waals surface area contributed by atoms with Gasteiger partial charge in [-0.05, 0) is 36.0 Å². The summed E-state index contributed by atoms with van der Waals surface area (Å²) in [6.45, 7) is 1.37. The van der Waals surface area contributed by atoms with Gasteiger partial charge in [-0.1, -0.05) is 0 Å². The number of hydrogen-bond donors (Lipinski definition) is 2. The van der Waals surface area contributed by atoms with Crippen LogP contribution < -0.4 is 11.1 Å². The van der Waals surface area contributed by atoms with Gasteiger partial charge >= 0.3 is 0 Å². The Bertz CT molecular complexity index is 517. The number of likely N-dealkylation sites (tertiary alicyclic amines) is 1. The normalized spacial score (nSPS) is 19.9. The molecular weight excluding hydrogens is 262 g/mol. The van der Waals surface area contributed by atoms with E-state index in [1.54, 1.807) is 0 Å². The molecule has 0 spiro atoms. The Morgan fingerprint density at radius 3 is 2.45 bits per heavy atom. The van der Waals surface area contributed by atoms with Crippen molar-refractivity contribution in [3.63, 3.8) is 0 Å². The van der Waals surface area contributed by atoms with E-state index in [0.29, 0.717) is 13.1 Å².